The Balaban J connectivity index is 1.99. The average molecular weight is 305 g/mol. The van der Waals surface area contributed by atoms with Crippen LogP contribution in [0, 0.1) is 0 Å². The second kappa shape index (κ2) is 5.92. The van der Waals surface area contributed by atoms with Gasteiger partial charge in [0, 0.05) is 29.7 Å². The Labute approximate surface area is 118 Å². The molecule has 1 aliphatic heterocycles. The van der Waals surface area contributed by atoms with Gasteiger partial charge in [-0.1, -0.05) is 6.07 Å². The molecule has 1 heterocycles. The van der Waals surface area contributed by atoms with Crippen LogP contribution >= 0.6 is 11.8 Å². The highest BCUT2D eigenvalue weighted by molar-refractivity contribution is 8.00. The SMILES string of the molecule is N[C@@H]1CCN(C(=O)Nc2cccc(SC(F)(F)F)c2)C1. The number of hydrogen-bond donors (Lipinski definition) is 2. The van der Waals surface area contributed by atoms with E-state index in [1.165, 1.54) is 18.2 Å². The highest BCUT2D eigenvalue weighted by atomic mass is 32.2. The lowest BCUT2D eigenvalue weighted by atomic mass is 10.3. The molecule has 1 fully saturated rings. The maximum atomic E-state index is 12.3. The van der Waals surface area contributed by atoms with Gasteiger partial charge in [0.15, 0.2) is 0 Å². The number of amides is 2. The summed E-state index contributed by atoms with van der Waals surface area (Å²) in [5.41, 5.74) is 1.69. The average Bonchev–Trinajstić information content (AvgIpc) is 2.74. The molecule has 1 aromatic carbocycles. The molecule has 0 saturated carbocycles. The first-order chi connectivity index (χ1) is 9.33. The lowest BCUT2D eigenvalue weighted by Crippen LogP contribution is -2.35. The van der Waals surface area contributed by atoms with Crippen molar-refractivity contribution >= 4 is 23.5 Å². The predicted octanol–water partition coefficient (Wildman–Crippen LogP) is 2.86. The van der Waals surface area contributed by atoms with Gasteiger partial charge >= 0.3 is 11.5 Å². The van der Waals surface area contributed by atoms with E-state index in [-0.39, 0.29) is 28.7 Å². The van der Waals surface area contributed by atoms with Crippen LogP contribution in [-0.4, -0.2) is 35.6 Å². The zero-order valence-corrected chi connectivity index (χ0v) is 11.3. The van der Waals surface area contributed by atoms with Crippen LogP contribution in [0.3, 0.4) is 0 Å². The minimum atomic E-state index is -4.34. The number of likely N-dealkylation sites (tertiary alicyclic amines) is 1. The van der Waals surface area contributed by atoms with E-state index in [4.69, 9.17) is 5.73 Å². The number of thioether (sulfide) groups is 1. The Hall–Kier alpha value is -1.41. The normalized spacial score (nSPS) is 19.2. The van der Waals surface area contributed by atoms with Gasteiger partial charge < -0.3 is 16.0 Å². The van der Waals surface area contributed by atoms with E-state index < -0.39 is 5.51 Å². The van der Waals surface area contributed by atoms with Crippen LogP contribution in [0.5, 0.6) is 0 Å². The van der Waals surface area contributed by atoms with Crippen LogP contribution in [-0.2, 0) is 0 Å². The molecule has 1 saturated heterocycles. The Morgan fingerprint density at radius 2 is 2.20 bits per heavy atom. The van der Waals surface area contributed by atoms with Gasteiger partial charge in [0.05, 0.1) is 0 Å². The van der Waals surface area contributed by atoms with Gasteiger partial charge in [0.25, 0.3) is 0 Å². The number of alkyl halides is 3. The third kappa shape index (κ3) is 4.31. The minimum Gasteiger partial charge on any atom is -0.326 e. The van der Waals surface area contributed by atoms with Crippen molar-refractivity contribution in [2.45, 2.75) is 22.9 Å². The summed E-state index contributed by atoms with van der Waals surface area (Å²) < 4.78 is 36.8. The molecule has 2 amide bonds. The zero-order chi connectivity index (χ0) is 14.8. The monoisotopic (exact) mass is 305 g/mol. The van der Waals surface area contributed by atoms with Gasteiger partial charge in [-0.3, -0.25) is 0 Å². The standard InChI is InChI=1S/C12H14F3N3OS/c13-12(14,15)20-10-3-1-2-9(6-10)17-11(19)18-5-4-8(16)7-18/h1-3,6,8H,4-5,7,16H2,(H,17,19)/t8-/m1/s1. The van der Waals surface area contributed by atoms with E-state index in [9.17, 15) is 18.0 Å². The largest absolute Gasteiger partial charge is 0.446 e. The van der Waals surface area contributed by atoms with Gasteiger partial charge in [-0.15, -0.1) is 0 Å². The molecule has 4 nitrogen and oxygen atoms in total. The third-order valence-corrected chi connectivity index (χ3v) is 3.55. The first-order valence-electron chi connectivity index (χ1n) is 6.01. The summed E-state index contributed by atoms with van der Waals surface area (Å²) in [7, 11) is 0. The molecule has 0 bridgehead atoms. The van der Waals surface area contributed by atoms with Crippen LogP contribution in [0.4, 0.5) is 23.7 Å². The molecule has 0 radical (unpaired) electrons. The van der Waals surface area contributed by atoms with E-state index in [1.807, 2.05) is 0 Å². The molecule has 2 rings (SSSR count). The molecular formula is C12H14F3N3OS. The Morgan fingerprint density at radius 3 is 2.80 bits per heavy atom. The molecule has 1 aromatic rings. The molecule has 8 heteroatoms. The van der Waals surface area contributed by atoms with E-state index in [1.54, 1.807) is 11.0 Å². The fourth-order valence-corrected chi connectivity index (χ4v) is 2.55. The minimum absolute atomic E-state index is 0.0344. The molecule has 20 heavy (non-hydrogen) atoms. The maximum absolute atomic E-state index is 12.3. The molecule has 0 aliphatic carbocycles. The number of nitrogens with one attached hydrogen (secondary N) is 1. The lowest BCUT2D eigenvalue weighted by Gasteiger charge is -2.17. The fourth-order valence-electron chi connectivity index (χ4n) is 1.95. The number of carbonyl (C=O) groups excluding carboxylic acids is 1. The highest BCUT2D eigenvalue weighted by Gasteiger charge is 2.29. The van der Waals surface area contributed by atoms with Crippen LogP contribution in [0.15, 0.2) is 29.2 Å². The number of rotatable bonds is 2. The Bertz CT molecular complexity index is 495. The van der Waals surface area contributed by atoms with E-state index >= 15 is 0 Å². The smallest absolute Gasteiger partial charge is 0.326 e. The number of urea groups is 1. The predicted molar refractivity (Wildman–Crippen MR) is 71.5 cm³/mol. The number of benzene rings is 1. The van der Waals surface area contributed by atoms with Crippen molar-refractivity contribution in [2.24, 2.45) is 5.73 Å². The van der Waals surface area contributed by atoms with E-state index in [0.29, 0.717) is 18.8 Å². The summed E-state index contributed by atoms with van der Waals surface area (Å²) in [6, 6.07) is 5.29. The van der Waals surface area contributed by atoms with Gasteiger partial charge in [-0.2, -0.15) is 13.2 Å². The number of hydrogen-bond acceptors (Lipinski definition) is 3. The van der Waals surface area contributed by atoms with Gasteiger partial charge in [0.1, 0.15) is 0 Å². The fraction of sp³-hybridized carbons (Fsp3) is 0.417. The van der Waals surface area contributed by atoms with Crippen LogP contribution in [0.25, 0.3) is 0 Å². The van der Waals surface area contributed by atoms with E-state index in [0.717, 1.165) is 6.42 Å². The van der Waals surface area contributed by atoms with Crippen molar-refractivity contribution in [3.05, 3.63) is 24.3 Å². The molecule has 110 valence electrons. The Kier molecular flexibility index (Phi) is 4.44. The van der Waals surface area contributed by atoms with Gasteiger partial charge in [-0.25, -0.2) is 4.79 Å². The lowest BCUT2D eigenvalue weighted by molar-refractivity contribution is -0.0328. The summed E-state index contributed by atoms with van der Waals surface area (Å²) in [6.07, 6.45) is 0.734. The van der Waals surface area contributed by atoms with Crippen molar-refractivity contribution in [1.29, 1.82) is 0 Å². The number of carbonyl (C=O) groups is 1. The molecule has 1 aliphatic rings. The van der Waals surface area contributed by atoms with E-state index in [2.05, 4.69) is 5.32 Å². The summed E-state index contributed by atoms with van der Waals surface area (Å²) in [4.78, 5) is 13.5. The summed E-state index contributed by atoms with van der Waals surface area (Å²) >= 11 is -0.210. The summed E-state index contributed by atoms with van der Waals surface area (Å²) in [5.74, 6) is 0. The highest BCUT2D eigenvalue weighted by Crippen LogP contribution is 2.37. The molecule has 1 atom stereocenters. The van der Waals surface area contributed by atoms with Crippen molar-refractivity contribution in [1.82, 2.24) is 4.90 Å². The first-order valence-corrected chi connectivity index (χ1v) is 6.82. The van der Waals surface area contributed by atoms with Crippen molar-refractivity contribution in [3.8, 4) is 0 Å². The molecule has 0 spiro atoms. The van der Waals surface area contributed by atoms with Crippen LogP contribution in [0.1, 0.15) is 6.42 Å². The zero-order valence-electron chi connectivity index (χ0n) is 10.5. The van der Waals surface area contributed by atoms with Crippen LogP contribution in [0.2, 0.25) is 0 Å². The number of nitrogens with two attached hydrogens (primary N) is 1. The second-order valence-corrected chi connectivity index (χ2v) is 5.64. The third-order valence-electron chi connectivity index (χ3n) is 2.83. The van der Waals surface area contributed by atoms with Crippen molar-refractivity contribution < 1.29 is 18.0 Å². The molecule has 0 aromatic heterocycles. The number of halogens is 3. The van der Waals surface area contributed by atoms with Crippen molar-refractivity contribution in [3.63, 3.8) is 0 Å². The molecule has 3 N–H and O–H groups in total. The first kappa shape index (κ1) is 15.0. The van der Waals surface area contributed by atoms with Gasteiger partial charge in [-0.05, 0) is 36.4 Å². The maximum Gasteiger partial charge on any atom is 0.446 e. The Morgan fingerprint density at radius 1 is 1.45 bits per heavy atom. The summed E-state index contributed by atoms with van der Waals surface area (Å²) in [5, 5.41) is 2.58. The quantitative estimate of drug-likeness (QED) is 0.826. The van der Waals surface area contributed by atoms with Gasteiger partial charge in [0.2, 0.25) is 0 Å². The topological polar surface area (TPSA) is 58.4 Å². The molecular weight excluding hydrogens is 291 g/mol. The number of anilines is 1. The van der Waals surface area contributed by atoms with Crippen LogP contribution < -0.4 is 11.1 Å². The number of nitrogens with zero attached hydrogens (tertiary/aromatic N) is 1. The summed E-state index contributed by atoms with van der Waals surface area (Å²) in [6.45, 7) is 1.02. The molecule has 0 unspecified atom stereocenters. The van der Waals surface area contributed by atoms with Crippen molar-refractivity contribution in [2.75, 3.05) is 18.4 Å². The second-order valence-electron chi connectivity index (χ2n) is 4.50.